The monoisotopic (exact) mass is 340 g/mol. The van der Waals surface area contributed by atoms with E-state index in [1.807, 2.05) is 68.4 Å². The van der Waals surface area contributed by atoms with Gasteiger partial charge >= 0.3 is 5.97 Å². The molecule has 0 bridgehead atoms. The predicted molar refractivity (Wildman–Crippen MR) is 98.3 cm³/mol. The van der Waals surface area contributed by atoms with Crippen molar-refractivity contribution >= 4 is 11.5 Å². The van der Waals surface area contributed by atoms with Gasteiger partial charge in [-0.25, -0.2) is 4.79 Å². The van der Waals surface area contributed by atoms with Crippen LogP contribution in [0.2, 0.25) is 0 Å². The maximum atomic E-state index is 12.3. The summed E-state index contributed by atoms with van der Waals surface area (Å²) in [5.41, 5.74) is 2.38. The highest BCUT2D eigenvalue weighted by Crippen LogP contribution is 2.16. The summed E-state index contributed by atoms with van der Waals surface area (Å²) in [6.45, 7) is 5.18. The predicted octanol–water partition coefficient (Wildman–Crippen LogP) is 4.38. The zero-order chi connectivity index (χ0) is 17.9. The lowest BCUT2D eigenvalue weighted by Gasteiger charge is -2.10. The number of aryl methyl sites for hydroxylation is 1. The van der Waals surface area contributed by atoms with Crippen LogP contribution in [0.1, 0.15) is 24.5 Å². The van der Waals surface area contributed by atoms with Crippen molar-refractivity contribution in [2.45, 2.75) is 20.3 Å². The molecule has 0 aromatic heterocycles. The van der Waals surface area contributed by atoms with E-state index < -0.39 is 5.97 Å². The minimum absolute atomic E-state index is 0.293. The van der Waals surface area contributed by atoms with Crippen LogP contribution in [0, 0.1) is 6.92 Å². The second kappa shape index (κ2) is 10.2. The van der Waals surface area contributed by atoms with Gasteiger partial charge in [0.15, 0.2) is 0 Å². The lowest BCUT2D eigenvalue weighted by Crippen LogP contribution is -2.11. The summed E-state index contributed by atoms with van der Waals surface area (Å²) in [5, 5.41) is 0. The van der Waals surface area contributed by atoms with Gasteiger partial charge in [0, 0.05) is 6.42 Å². The molecule has 0 spiro atoms. The maximum absolute atomic E-state index is 12.3. The maximum Gasteiger partial charge on any atom is 0.341 e. The van der Waals surface area contributed by atoms with Gasteiger partial charge in [-0.3, -0.25) is 0 Å². The lowest BCUT2D eigenvalue weighted by atomic mass is 10.1. The Morgan fingerprint density at radius 3 is 2.40 bits per heavy atom. The number of esters is 1. The summed E-state index contributed by atoms with van der Waals surface area (Å²) in [6.07, 6.45) is 2.08. The Kier molecular flexibility index (Phi) is 7.57. The molecule has 2 aromatic rings. The Hall–Kier alpha value is -2.75. The summed E-state index contributed by atoms with van der Waals surface area (Å²) in [7, 11) is 0. The fourth-order valence-corrected chi connectivity index (χ4v) is 2.14. The van der Waals surface area contributed by atoms with E-state index in [4.69, 9.17) is 14.2 Å². The molecule has 0 atom stereocenters. The molecule has 0 saturated carbocycles. The Morgan fingerprint density at radius 2 is 1.72 bits per heavy atom. The zero-order valence-corrected chi connectivity index (χ0v) is 14.7. The van der Waals surface area contributed by atoms with E-state index in [2.05, 4.69) is 0 Å². The number of benzene rings is 2. The van der Waals surface area contributed by atoms with Crippen molar-refractivity contribution in [2.24, 2.45) is 0 Å². The zero-order valence-electron chi connectivity index (χ0n) is 14.7. The lowest BCUT2D eigenvalue weighted by molar-refractivity contribution is -0.136. The van der Waals surface area contributed by atoms with Crippen molar-refractivity contribution in [2.75, 3.05) is 19.8 Å². The molecule has 0 N–H and O–H groups in total. The number of ether oxygens (including phenoxy) is 3. The minimum Gasteiger partial charge on any atom is -0.501 e. The molecule has 0 amide bonds. The Bertz CT molecular complexity index is 675. The fourth-order valence-electron chi connectivity index (χ4n) is 2.14. The van der Waals surface area contributed by atoms with Crippen LogP contribution in [-0.4, -0.2) is 25.8 Å². The van der Waals surface area contributed by atoms with E-state index in [9.17, 15) is 4.79 Å². The van der Waals surface area contributed by atoms with Crippen LogP contribution in [0.5, 0.6) is 5.75 Å². The smallest absolute Gasteiger partial charge is 0.341 e. The first kappa shape index (κ1) is 18.6. The molecule has 0 aliphatic carbocycles. The molecular weight excluding hydrogens is 316 g/mol. The third kappa shape index (κ3) is 6.34. The summed E-state index contributed by atoms with van der Waals surface area (Å²) >= 11 is 0. The van der Waals surface area contributed by atoms with Gasteiger partial charge in [0.2, 0.25) is 0 Å². The van der Waals surface area contributed by atoms with Gasteiger partial charge < -0.3 is 14.2 Å². The van der Waals surface area contributed by atoms with Crippen LogP contribution in [-0.2, 0) is 14.3 Å². The standard InChI is InChI=1S/C21H24O4/c1-3-23-16-20(18-8-5-4-6-9-18)21(22)25-15-7-14-24-19-12-10-17(2)11-13-19/h4-6,8-13,16H,3,7,14-15H2,1-2H3. The normalized spacial score (nSPS) is 11.0. The van der Waals surface area contributed by atoms with Gasteiger partial charge in [-0.2, -0.15) is 0 Å². The highest BCUT2D eigenvalue weighted by molar-refractivity contribution is 6.16. The van der Waals surface area contributed by atoms with Crippen molar-refractivity contribution in [3.8, 4) is 5.75 Å². The van der Waals surface area contributed by atoms with Crippen LogP contribution in [0.15, 0.2) is 60.9 Å². The topological polar surface area (TPSA) is 44.8 Å². The molecule has 0 saturated heterocycles. The highest BCUT2D eigenvalue weighted by atomic mass is 16.5. The first-order valence-corrected chi connectivity index (χ1v) is 8.44. The van der Waals surface area contributed by atoms with E-state index in [1.54, 1.807) is 0 Å². The molecule has 2 aromatic carbocycles. The third-order valence-electron chi connectivity index (χ3n) is 3.48. The first-order chi connectivity index (χ1) is 12.2. The van der Waals surface area contributed by atoms with Crippen molar-refractivity contribution in [1.82, 2.24) is 0 Å². The number of hydrogen-bond acceptors (Lipinski definition) is 4. The molecule has 0 unspecified atom stereocenters. The van der Waals surface area contributed by atoms with E-state index >= 15 is 0 Å². The van der Waals surface area contributed by atoms with Gasteiger partial charge in [-0.05, 0) is 31.5 Å². The summed E-state index contributed by atoms with van der Waals surface area (Å²) in [5.74, 6) is 0.424. The average Bonchev–Trinajstić information content (AvgIpc) is 2.64. The van der Waals surface area contributed by atoms with Crippen LogP contribution >= 0.6 is 0 Å². The average molecular weight is 340 g/mol. The van der Waals surface area contributed by atoms with Crippen LogP contribution in [0.4, 0.5) is 0 Å². The summed E-state index contributed by atoms with van der Waals surface area (Å²) in [6, 6.07) is 17.2. The van der Waals surface area contributed by atoms with Gasteiger partial charge in [0.1, 0.15) is 11.3 Å². The molecule has 2 rings (SSSR count). The molecule has 0 fully saturated rings. The number of hydrogen-bond donors (Lipinski definition) is 0. The first-order valence-electron chi connectivity index (χ1n) is 8.44. The van der Waals surface area contributed by atoms with E-state index in [0.717, 1.165) is 11.3 Å². The molecule has 0 heterocycles. The summed E-state index contributed by atoms with van der Waals surface area (Å²) < 4.78 is 16.2. The molecule has 0 aliphatic rings. The second-order valence-corrected chi connectivity index (χ2v) is 5.50. The largest absolute Gasteiger partial charge is 0.501 e. The van der Waals surface area contributed by atoms with Gasteiger partial charge in [0.25, 0.3) is 0 Å². The van der Waals surface area contributed by atoms with Crippen molar-refractivity contribution < 1.29 is 19.0 Å². The van der Waals surface area contributed by atoms with Gasteiger partial charge in [0.05, 0.1) is 26.1 Å². The number of rotatable bonds is 9. The van der Waals surface area contributed by atoms with Gasteiger partial charge in [-0.1, -0.05) is 48.0 Å². The molecular formula is C21H24O4. The van der Waals surface area contributed by atoms with Crippen LogP contribution in [0.3, 0.4) is 0 Å². The molecule has 0 aliphatic heterocycles. The molecule has 132 valence electrons. The van der Waals surface area contributed by atoms with Crippen LogP contribution < -0.4 is 4.74 Å². The quantitative estimate of drug-likeness (QED) is 0.294. The van der Waals surface area contributed by atoms with Crippen molar-refractivity contribution in [3.05, 3.63) is 72.0 Å². The second-order valence-electron chi connectivity index (χ2n) is 5.50. The van der Waals surface area contributed by atoms with Crippen LogP contribution in [0.25, 0.3) is 5.57 Å². The summed E-state index contributed by atoms with van der Waals surface area (Å²) in [4.78, 5) is 12.3. The SMILES string of the molecule is CCOC=C(C(=O)OCCCOc1ccc(C)cc1)c1ccccc1. The fraction of sp³-hybridized carbons (Fsp3) is 0.286. The van der Waals surface area contributed by atoms with E-state index in [-0.39, 0.29) is 0 Å². The third-order valence-corrected chi connectivity index (χ3v) is 3.48. The Morgan fingerprint density at radius 1 is 1.00 bits per heavy atom. The molecule has 0 radical (unpaired) electrons. The number of carbonyl (C=O) groups is 1. The molecule has 4 heteroatoms. The Labute approximate surface area is 149 Å². The molecule has 4 nitrogen and oxygen atoms in total. The highest BCUT2D eigenvalue weighted by Gasteiger charge is 2.14. The van der Waals surface area contributed by atoms with Crippen molar-refractivity contribution in [1.29, 1.82) is 0 Å². The van der Waals surface area contributed by atoms with Gasteiger partial charge in [-0.15, -0.1) is 0 Å². The number of carbonyl (C=O) groups excluding carboxylic acids is 1. The van der Waals surface area contributed by atoms with E-state index in [0.29, 0.717) is 31.8 Å². The molecule has 25 heavy (non-hydrogen) atoms. The Balaban J connectivity index is 1.80. The van der Waals surface area contributed by atoms with E-state index in [1.165, 1.54) is 11.8 Å². The van der Waals surface area contributed by atoms with Crippen molar-refractivity contribution in [3.63, 3.8) is 0 Å². The minimum atomic E-state index is -0.394.